The number of ether oxygens (including phenoxy) is 2. The van der Waals surface area contributed by atoms with Crippen LogP contribution in [0.15, 0.2) is 72.8 Å². The van der Waals surface area contributed by atoms with Crippen LogP contribution in [0.4, 0.5) is 5.69 Å². The number of amides is 1. The molecule has 0 saturated heterocycles. The van der Waals surface area contributed by atoms with E-state index < -0.39 is 0 Å². The zero-order valence-electron chi connectivity index (χ0n) is 19.1. The van der Waals surface area contributed by atoms with Crippen molar-refractivity contribution in [2.45, 2.75) is 0 Å². The lowest BCUT2D eigenvalue weighted by molar-refractivity contribution is -0.118. The van der Waals surface area contributed by atoms with Crippen molar-refractivity contribution in [3.63, 3.8) is 0 Å². The van der Waals surface area contributed by atoms with Crippen LogP contribution in [-0.2, 0) is 4.79 Å². The zero-order chi connectivity index (χ0) is 25.1. The van der Waals surface area contributed by atoms with Crippen LogP contribution in [-0.4, -0.2) is 24.6 Å². The van der Waals surface area contributed by atoms with Gasteiger partial charge in [-0.1, -0.05) is 71.7 Å². The van der Waals surface area contributed by atoms with Crippen molar-refractivity contribution in [2.75, 3.05) is 19.0 Å². The van der Waals surface area contributed by atoms with Crippen LogP contribution in [0.2, 0.25) is 10.0 Å². The van der Waals surface area contributed by atoms with E-state index in [2.05, 4.69) is 29.6 Å². The fraction of sp³-hybridized carbons (Fsp3) is 0.0714. The summed E-state index contributed by atoms with van der Waals surface area (Å²) in [5.74, 6) is 0.567. The molecule has 0 spiro atoms. The Kier molecular flexibility index (Phi) is 7.09. The molecule has 0 aliphatic carbocycles. The summed E-state index contributed by atoms with van der Waals surface area (Å²) in [5.41, 5.74) is 2.27. The number of hydrogen-bond acceptors (Lipinski definition) is 5. The number of nitrogens with one attached hydrogen (secondary N) is 1. The van der Waals surface area contributed by atoms with Crippen LogP contribution < -0.4 is 14.8 Å². The highest BCUT2D eigenvalue weighted by Gasteiger charge is 2.12. The molecule has 4 aromatic carbocycles. The number of aromatic nitrogens is 1. The lowest BCUT2D eigenvalue weighted by atomic mass is 10.1. The molecular weight excluding hydrogens is 515 g/mol. The Morgan fingerprint density at radius 2 is 1.78 bits per heavy atom. The normalized spacial score (nSPS) is 11.3. The predicted octanol–water partition coefficient (Wildman–Crippen LogP) is 7.95. The van der Waals surface area contributed by atoms with Crippen molar-refractivity contribution >= 4 is 79.3 Å². The summed E-state index contributed by atoms with van der Waals surface area (Å²) in [6, 6.07) is 23.0. The number of methoxy groups -OCH3 is 1. The van der Waals surface area contributed by atoms with E-state index in [4.69, 9.17) is 37.7 Å². The largest absolute Gasteiger partial charge is 0.493 e. The number of benzene rings is 4. The van der Waals surface area contributed by atoms with Gasteiger partial charge < -0.3 is 14.8 Å². The van der Waals surface area contributed by atoms with Crippen molar-refractivity contribution in [3.05, 3.63) is 93.4 Å². The van der Waals surface area contributed by atoms with Gasteiger partial charge in [-0.05, 0) is 47.4 Å². The summed E-state index contributed by atoms with van der Waals surface area (Å²) in [6.07, 6.45) is 3.95. The van der Waals surface area contributed by atoms with Gasteiger partial charge in [0.25, 0.3) is 5.91 Å². The third kappa shape index (κ3) is 5.16. The molecule has 1 N–H and O–H groups in total. The summed E-state index contributed by atoms with van der Waals surface area (Å²) in [6.45, 7) is -0.229. The molecule has 0 radical (unpaired) electrons. The number of rotatable bonds is 7. The zero-order valence-corrected chi connectivity index (χ0v) is 21.5. The van der Waals surface area contributed by atoms with Gasteiger partial charge in [-0.25, -0.2) is 4.98 Å². The second-order valence-electron chi connectivity index (χ2n) is 7.86. The topological polar surface area (TPSA) is 60.5 Å². The average molecular weight is 535 g/mol. The first-order chi connectivity index (χ1) is 17.5. The Morgan fingerprint density at radius 3 is 2.58 bits per heavy atom. The molecule has 5 nitrogen and oxygen atoms in total. The Labute approximate surface area is 221 Å². The quantitative estimate of drug-likeness (QED) is 0.230. The average Bonchev–Trinajstić information content (AvgIpc) is 3.32. The van der Waals surface area contributed by atoms with Crippen molar-refractivity contribution in [1.29, 1.82) is 0 Å². The van der Waals surface area contributed by atoms with E-state index in [1.165, 1.54) is 5.39 Å². The highest BCUT2D eigenvalue weighted by Crippen LogP contribution is 2.32. The van der Waals surface area contributed by atoms with Gasteiger partial charge >= 0.3 is 0 Å². The van der Waals surface area contributed by atoms with Crippen LogP contribution in [0.25, 0.3) is 33.1 Å². The van der Waals surface area contributed by atoms with Crippen LogP contribution in [0, 0.1) is 0 Å². The number of anilines is 1. The third-order valence-corrected chi connectivity index (χ3v) is 7.11. The Balaban J connectivity index is 1.29. The number of nitrogens with zero attached hydrogens (tertiary/aromatic N) is 1. The molecule has 0 unspecified atom stereocenters. The maximum Gasteiger partial charge on any atom is 0.262 e. The van der Waals surface area contributed by atoms with Crippen molar-refractivity contribution in [3.8, 4) is 11.5 Å². The second-order valence-corrected chi connectivity index (χ2v) is 9.74. The summed E-state index contributed by atoms with van der Waals surface area (Å²) < 4.78 is 12.3. The second kappa shape index (κ2) is 10.6. The predicted molar refractivity (Wildman–Crippen MR) is 150 cm³/mol. The van der Waals surface area contributed by atoms with Crippen molar-refractivity contribution in [2.24, 2.45) is 0 Å². The van der Waals surface area contributed by atoms with Gasteiger partial charge in [-0.2, -0.15) is 0 Å². The molecule has 1 heterocycles. The summed E-state index contributed by atoms with van der Waals surface area (Å²) in [5, 5.41) is 6.61. The lowest BCUT2D eigenvalue weighted by Gasteiger charge is -2.12. The van der Waals surface area contributed by atoms with Gasteiger partial charge in [0.15, 0.2) is 18.1 Å². The molecule has 1 amide bonds. The minimum Gasteiger partial charge on any atom is -0.493 e. The fourth-order valence-electron chi connectivity index (χ4n) is 3.76. The highest BCUT2D eigenvalue weighted by atomic mass is 35.5. The molecule has 0 fully saturated rings. The summed E-state index contributed by atoms with van der Waals surface area (Å²) >= 11 is 13.9. The number of carbonyl (C=O) groups is 1. The molecule has 0 atom stereocenters. The minimum absolute atomic E-state index is 0.229. The van der Waals surface area contributed by atoms with Crippen LogP contribution in [0.1, 0.15) is 10.6 Å². The SMILES string of the molecule is COc1cc(C=Cc2nc3c(ccc4ccccc43)s2)ccc1OCC(=O)Nc1c(Cl)cccc1Cl. The molecule has 0 bridgehead atoms. The Morgan fingerprint density at radius 1 is 0.972 bits per heavy atom. The lowest BCUT2D eigenvalue weighted by Crippen LogP contribution is -2.20. The van der Waals surface area contributed by atoms with Crippen LogP contribution in [0.5, 0.6) is 11.5 Å². The third-order valence-electron chi connectivity index (χ3n) is 5.49. The molecule has 0 aliphatic rings. The standard InChI is InChI=1S/C28H20Cl2N2O3S/c1-34-23-15-17(9-12-22(23)35-16-25(33)31-28-20(29)7-4-8-21(28)30)10-14-26-32-27-19-6-3-2-5-18(19)11-13-24(27)36-26/h2-15H,16H2,1H3,(H,31,33). The van der Waals surface area contributed by atoms with Crippen molar-refractivity contribution < 1.29 is 14.3 Å². The first-order valence-corrected chi connectivity index (χ1v) is 12.6. The number of halogens is 2. The number of fused-ring (bicyclic) bond motifs is 3. The van der Waals surface area contributed by atoms with Gasteiger partial charge in [0.2, 0.25) is 0 Å². The first-order valence-electron chi connectivity index (χ1n) is 11.0. The van der Waals surface area contributed by atoms with Crippen LogP contribution in [0.3, 0.4) is 0 Å². The Hall–Kier alpha value is -3.58. The molecule has 8 heteroatoms. The van der Waals surface area contributed by atoms with E-state index in [-0.39, 0.29) is 12.5 Å². The highest BCUT2D eigenvalue weighted by molar-refractivity contribution is 7.19. The number of para-hydroxylation sites is 1. The van der Waals surface area contributed by atoms with Gasteiger partial charge in [0.1, 0.15) is 5.01 Å². The van der Waals surface area contributed by atoms with E-state index in [0.717, 1.165) is 26.2 Å². The Bertz CT molecular complexity index is 1590. The van der Waals surface area contributed by atoms with E-state index in [9.17, 15) is 4.79 Å². The first kappa shape index (κ1) is 24.1. The van der Waals surface area contributed by atoms with E-state index in [0.29, 0.717) is 27.2 Å². The van der Waals surface area contributed by atoms with Crippen LogP contribution >= 0.6 is 34.5 Å². The molecule has 0 aliphatic heterocycles. The maximum atomic E-state index is 12.4. The molecule has 5 rings (SSSR count). The minimum atomic E-state index is -0.389. The molecular formula is C28H20Cl2N2O3S. The van der Waals surface area contributed by atoms with E-state index in [1.807, 2.05) is 36.4 Å². The molecule has 180 valence electrons. The van der Waals surface area contributed by atoms with Gasteiger partial charge in [-0.3, -0.25) is 4.79 Å². The number of hydrogen-bond donors (Lipinski definition) is 1. The maximum absolute atomic E-state index is 12.4. The van der Waals surface area contributed by atoms with Gasteiger partial charge in [0.05, 0.1) is 33.1 Å². The van der Waals surface area contributed by atoms with E-state index in [1.54, 1.807) is 42.7 Å². The smallest absolute Gasteiger partial charge is 0.262 e. The summed E-state index contributed by atoms with van der Waals surface area (Å²) in [7, 11) is 1.55. The molecule has 36 heavy (non-hydrogen) atoms. The number of thiazole rings is 1. The van der Waals surface area contributed by atoms with Gasteiger partial charge in [0, 0.05) is 5.39 Å². The number of carbonyl (C=O) groups excluding carboxylic acids is 1. The molecule has 0 saturated carbocycles. The molecule has 5 aromatic rings. The van der Waals surface area contributed by atoms with Crippen molar-refractivity contribution in [1.82, 2.24) is 4.98 Å². The fourth-order valence-corrected chi connectivity index (χ4v) is 5.14. The van der Waals surface area contributed by atoms with E-state index >= 15 is 0 Å². The molecule has 1 aromatic heterocycles. The van der Waals surface area contributed by atoms with Gasteiger partial charge in [-0.15, -0.1) is 11.3 Å². The summed E-state index contributed by atoms with van der Waals surface area (Å²) in [4.78, 5) is 17.2. The monoisotopic (exact) mass is 534 g/mol.